The van der Waals surface area contributed by atoms with Gasteiger partial charge < -0.3 is 9.88 Å². The number of aromatic nitrogens is 2. The highest BCUT2D eigenvalue weighted by Gasteiger charge is 2.19. The van der Waals surface area contributed by atoms with Crippen LogP contribution in [0.15, 0.2) is 90.1 Å². The van der Waals surface area contributed by atoms with Crippen molar-refractivity contribution in [2.75, 3.05) is 12.3 Å². The molecule has 36 heavy (non-hydrogen) atoms. The zero-order valence-corrected chi connectivity index (χ0v) is 22.0. The average Bonchev–Trinajstić information content (AvgIpc) is 3.27. The SMILES string of the molecule is CCn1c(SCCCNC(=O)/C=C/c2ccccc2)nc(-c2ccc(C)cc2)c1-c1ccc(C)cc1. The van der Waals surface area contributed by atoms with Crippen molar-refractivity contribution in [1.82, 2.24) is 14.9 Å². The van der Waals surface area contributed by atoms with Gasteiger partial charge in [0, 0.05) is 36.0 Å². The summed E-state index contributed by atoms with van der Waals surface area (Å²) < 4.78 is 2.31. The Morgan fingerprint density at radius 2 is 1.56 bits per heavy atom. The smallest absolute Gasteiger partial charge is 0.243 e. The number of imidazole rings is 1. The molecule has 3 aromatic carbocycles. The quantitative estimate of drug-likeness (QED) is 0.144. The maximum atomic E-state index is 12.1. The van der Waals surface area contributed by atoms with E-state index in [1.54, 1.807) is 17.8 Å². The van der Waals surface area contributed by atoms with E-state index in [1.807, 2.05) is 36.4 Å². The van der Waals surface area contributed by atoms with Crippen molar-refractivity contribution in [3.63, 3.8) is 0 Å². The Bertz CT molecular complexity index is 1310. The molecule has 5 heteroatoms. The summed E-state index contributed by atoms with van der Waals surface area (Å²) in [5.41, 5.74) is 7.97. The van der Waals surface area contributed by atoms with E-state index in [-0.39, 0.29) is 5.91 Å². The van der Waals surface area contributed by atoms with E-state index in [1.165, 1.54) is 16.7 Å². The standard InChI is InChI=1S/C31H33N3OS/c1-4-34-30(27-18-13-24(3)14-19-27)29(26-16-11-23(2)12-17-26)33-31(34)36-22-8-21-32-28(35)20-15-25-9-6-5-7-10-25/h5-7,9-20H,4,8,21-22H2,1-3H3,(H,32,35)/b20-15+. The average molecular weight is 496 g/mol. The molecule has 0 unspecified atom stereocenters. The molecule has 4 nitrogen and oxygen atoms in total. The van der Waals surface area contributed by atoms with Crippen molar-refractivity contribution in [2.24, 2.45) is 0 Å². The summed E-state index contributed by atoms with van der Waals surface area (Å²) in [7, 11) is 0. The molecule has 1 heterocycles. The number of nitrogens with zero attached hydrogens (tertiary/aromatic N) is 2. The van der Waals surface area contributed by atoms with Gasteiger partial charge in [0.15, 0.2) is 5.16 Å². The summed E-state index contributed by atoms with van der Waals surface area (Å²) in [5, 5.41) is 3.99. The van der Waals surface area contributed by atoms with Crippen molar-refractivity contribution in [2.45, 2.75) is 38.9 Å². The second-order valence-corrected chi connectivity index (χ2v) is 9.87. The Morgan fingerprint density at radius 1 is 0.917 bits per heavy atom. The van der Waals surface area contributed by atoms with Gasteiger partial charge in [-0.15, -0.1) is 0 Å². The first-order chi connectivity index (χ1) is 17.5. The number of nitrogens with one attached hydrogen (secondary N) is 1. The topological polar surface area (TPSA) is 46.9 Å². The molecule has 4 rings (SSSR count). The summed E-state index contributed by atoms with van der Waals surface area (Å²) in [6.45, 7) is 7.85. The van der Waals surface area contributed by atoms with Gasteiger partial charge in [0.25, 0.3) is 0 Å². The highest BCUT2D eigenvalue weighted by Crippen LogP contribution is 2.36. The largest absolute Gasteiger partial charge is 0.353 e. The third-order valence-electron chi connectivity index (χ3n) is 5.98. The van der Waals surface area contributed by atoms with Crippen LogP contribution < -0.4 is 5.32 Å². The molecule has 0 aliphatic heterocycles. The Morgan fingerprint density at radius 3 is 2.19 bits per heavy atom. The molecular weight excluding hydrogens is 462 g/mol. The molecule has 4 aromatic rings. The lowest BCUT2D eigenvalue weighted by atomic mass is 10.0. The van der Waals surface area contributed by atoms with Crippen LogP contribution in [0.3, 0.4) is 0 Å². The van der Waals surface area contributed by atoms with Gasteiger partial charge in [0.2, 0.25) is 5.91 Å². The van der Waals surface area contributed by atoms with Crippen LogP contribution in [-0.2, 0) is 11.3 Å². The first kappa shape index (κ1) is 25.5. The number of carbonyl (C=O) groups is 1. The van der Waals surface area contributed by atoms with Gasteiger partial charge in [-0.25, -0.2) is 4.98 Å². The predicted octanol–water partition coefficient (Wildman–Crippen LogP) is 7.17. The van der Waals surface area contributed by atoms with Crippen LogP contribution in [0.1, 0.15) is 30.0 Å². The van der Waals surface area contributed by atoms with Crippen LogP contribution in [-0.4, -0.2) is 27.8 Å². The Hall–Kier alpha value is -3.57. The highest BCUT2D eigenvalue weighted by atomic mass is 32.2. The Labute approximate surface area is 218 Å². The molecule has 184 valence electrons. The molecule has 0 atom stereocenters. The predicted molar refractivity (Wildman–Crippen MR) is 152 cm³/mol. The van der Waals surface area contributed by atoms with Crippen LogP contribution in [0.2, 0.25) is 0 Å². The van der Waals surface area contributed by atoms with Crippen molar-refractivity contribution >= 4 is 23.7 Å². The van der Waals surface area contributed by atoms with Gasteiger partial charge in [0.05, 0.1) is 11.4 Å². The van der Waals surface area contributed by atoms with E-state index in [2.05, 4.69) is 79.2 Å². The van der Waals surface area contributed by atoms with Gasteiger partial charge in [-0.2, -0.15) is 0 Å². The van der Waals surface area contributed by atoms with E-state index < -0.39 is 0 Å². The molecule has 0 saturated carbocycles. The summed E-state index contributed by atoms with van der Waals surface area (Å²) in [6.07, 6.45) is 4.29. The lowest BCUT2D eigenvalue weighted by Crippen LogP contribution is -2.22. The van der Waals surface area contributed by atoms with E-state index >= 15 is 0 Å². The summed E-state index contributed by atoms with van der Waals surface area (Å²) in [6, 6.07) is 27.1. The second-order valence-electron chi connectivity index (χ2n) is 8.80. The van der Waals surface area contributed by atoms with E-state index in [4.69, 9.17) is 4.98 Å². The van der Waals surface area contributed by atoms with Crippen molar-refractivity contribution in [3.8, 4) is 22.5 Å². The molecule has 0 saturated heterocycles. The van der Waals surface area contributed by atoms with E-state index in [0.29, 0.717) is 6.54 Å². The second kappa shape index (κ2) is 12.4. The number of aryl methyl sites for hydroxylation is 2. The van der Waals surface area contributed by atoms with E-state index in [9.17, 15) is 4.79 Å². The monoisotopic (exact) mass is 495 g/mol. The lowest BCUT2D eigenvalue weighted by molar-refractivity contribution is -0.116. The number of thioether (sulfide) groups is 1. The maximum absolute atomic E-state index is 12.1. The number of hydrogen-bond donors (Lipinski definition) is 1. The zero-order valence-electron chi connectivity index (χ0n) is 21.2. The molecule has 0 fully saturated rings. The van der Waals surface area contributed by atoms with Gasteiger partial charge in [-0.1, -0.05) is 102 Å². The number of benzene rings is 3. The lowest BCUT2D eigenvalue weighted by Gasteiger charge is -2.11. The normalized spacial score (nSPS) is 11.2. The Kier molecular flexibility index (Phi) is 8.80. The fourth-order valence-electron chi connectivity index (χ4n) is 3.99. The zero-order chi connectivity index (χ0) is 25.3. The van der Waals surface area contributed by atoms with Crippen LogP contribution >= 0.6 is 11.8 Å². The third-order valence-corrected chi connectivity index (χ3v) is 7.04. The maximum Gasteiger partial charge on any atom is 0.243 e. The van der Waals surface area contributed by atoms with E-state index in [0.717, 1.165) is 46.4 Å². The first-order valence-corrected chi connectivity index (χ1v) is 13.4. The molecule has 1 aromatic heterocycles. The van der Waals surface area contributed by atoms with Crippen LogP contribution in [0.5, 0.6) is 0 Å². The highest BCUT2D eigenvalue weighted by molar-refractivity contribution is 7.99. The van der Waals surface area contributed by atoms with Crippen molar-refractivity contribution in [3.05, 3.63) is 102 Å². The van der Waals surface area contributed by atoms with Crippen LogP contribution in [0, 0.1) is 13.8 Å². The number of rotatable bonds is 10. The van der Waals surface area contributed by atoms with Crippen LogP contribution in [0.25, 0.3) is 28.6 Å². The summed E-state index contributed by atoms with van der Waals surface area (Å²) >= 11 is 1.75. The van der Waals surface area contributed by atoms with Crippen molar-refractivity contribution in [1.29, 1.82) is 0 Å². The molecule has 0 spiro atoms. The fourth-order valence-corrected chi connectivity index (χ4v) is 5.00. The minimum atomic E-state index is -0.0674. The van der Waals surface area contributed by atoms with Gasteiger partial charge in [0.1, 0.15) is 0 Å². The number of amides is 1. The van der Waals surface area contributed by atoms with Crippen LogP contribution in [0.4, 0.5) is 0 Å². The van der Waals surface area contributed by atoms with Crippen molar-refractivity contribution < 1.29 is 4.79 Å². The molecule has 1 amide bonds. The number of carbonyl (C=O) groups excluding carboxylic acids is 1. The summed E-state index contributed by atoms with van der Waals surface area (Å²) in [4.78, 5) is 17.2. The summed E-state index contributed by atoms with van der Waals surface area (Å²) in [5.74, 6) is 0.808. The number of hydrogen-bond acceptors (Lipinski definition) is 3. The molecule has 0 aliphatic carbocycles. The minimum Gasteiger partial charge on any atom is -0.353 e. The minimum absolute atomic E-state index is 0.0674. The third kappa shape index (κ3) is 6.55. The molecule has 0 aliphatic rings. The first-order valence-electron chi connectivity index (χ1n) is 12.4. The Balaban J connectivity index is 1.44. The van der Waals surface area contributed by atoms with Gasteiger partial charge in [-0.05, 0) is 38.8 Å². The molecule has 0 bridgehead atoms. The fraction of sp³-hybridized carbons (Fsp3) is 0.226. The molecule has 1 N–H and O–H groups in total. The molecule has 0 radical (unpaired) electrons. The van der Waals surface area contributed by atoms with Gasteiger partial charge >= 0.3 is 0 Å². The van der Waals surface area contributed by atoms with Gasteiger partial charge in [-0.3, -0.25) is 4.79 Å². The molecular formula is C31H33N3OS.